The van der Waals surface area contributed by atoms with Crippen molar-refractivity contribution >= 4 is 27.7 Å². The molecule has 5 heteroatoms. The molecule has 1 fully saturated rings. The van der Waals surface area contributed by atoms with Gasteiger partial charge in [0, 0.05) is 29.5 Å². The minimum atomic E-state index is -0.0979. The van der Waals surface area contributed by atoms with E-state index in [0.717, 1.165) is 28.6 Å². The Bertz CT molecular complexity index is 756. The Morgan fingerprint density at radius 3 is 2.44 bits per heavy atom. The maximum atomic E-state index is 12.4. The molecule has 3 rings (SSSR count). The van der Waals surface area contributed by atoms with Gasteiger partial charge in [-0.15, -0.1) is 0 Å². The predicted molar refractivity (Wildman–Crippen MR) is 101 cm³/mol. The third-order valence-electron chi connectivity index (χ3n) is 4.48. The first-order chi connectivity index (χ1) is 12.0. The summed E-state index contributed by atoms with van der Waals surface area (Å²) in [5, 5.41) is 3.01. The number of halogens is 1. The van der Waals surface area contributed by atoms with Crippen LogP contribution in [0.4, 0.5) is 0 Å². The smallest absolute Gasteiger partial charge is 0.251 e. The summed E-state index contributed by atoms with van der Waals surface area (Å²) in [6.45, 7) is 3.41. The van der Waals surface area contributed by atoms with E-state index in [1.54, 1.807) is 0 Å². The van der Waals surface area contributed by atoms with E-state index in [-0.39, 0.29) is 17.9 Å². The molecule has 1 heterocycles. The van der Waals surface area contributed by atoms with Gasteiger partial charge in [0.2, 0.25) is 5.91 Å². The monoisotopic (exact) mass is 400 g/mol. The van der Waals surface area contributed by atoms with Crippen LogP contribution < -0.4 is 5.32 Å². The second kappa shape index (κ2) is 7.83. The summed E-state index contributed by atoms with van der Waals surface area (Å²) in [6, 6.07) is 15.3. The minimum Gasteiger partial charge on any atom is -0.346 e. The summed E-state index contributed by atoms with van der Waals surface area (Å²) < 4.78 is 1.02. The molecule has 0 bridgehead atoms. The second-order valence-corrected chi connectivity index (χ2v) is 7.28. The van der Waals surface area contributed by atoms with Crippen LogP contribution in [0.25, 0.3) is 0 Å². The topological polar surface area (TPSA) is 49.4 Å². The summed E-state index contributed by atoms with van der Waals surface area (Å²) >= 11 is 3.41. The van der Waals surface area contributed by atoms with Crippen molar-refractivity contribution in [3.8, 4) is 0 Å². The zero-order valence-corrected chi connectivity index (χ0v) is 15.8. The first-order valence-corrected chi connectivity index (χ1v) is 9.25. The van der Waals surface area contributed by atoms with Gasteiger partial charge in [0.05, 0.1) is 6.04 Å². The van der Waals surface area contributed by atoms with Crippen LogP contribution in [-0.2, 0) is 11.3 Å². The lowest BCUT2D eigenvalue weighted by atomic mass is 10.1. The van der Waals surface area contributed by atoms with Gasteiger partial charge in [0.25, 0.3) is 5.91 Å². The van der Waals surface area contributed by atoms with E-state index in [4.69, 9.17) is 0 Å². The Balaban J connectivity index is 1.60. The van der Waals surface area contributed by atoms with E-state index in [1.165, 1.54) is 0 Å². The quantitative estimate of drug-likeness (QED) is 0.822. The van der Waals surface area contributed by atoms with Crippen molar-refractivity contribution in [1.82, 2.24) is 10.2 Å². The highest BCUT2D eigenvalue weighted by Crippen LogP contribution is 2.18. The third kappa shape index (κ3) is 4.48. The molecule has 1 atom stereocenters. The number of carbonyl (C=O) groups is 2. The third-order valence-corrected chi connectivity index (χ3v) is 5.01. The second-order valence-electron chi connectivity index (χ2n) is 6.36. The summed E-state index contributed by atoms with van der Waals surface area (Å²) in [6.07, 6.45) is 1.59. The molecule has 2 amide bonds. The molecule has 1 N–H and O–H groups in total. The van der Waals surface area contributed by atoms with Gasteiger partial charge >= 0.3 is 0 Å². The molecular weight excluding hydrogens is 380 g/mol. The van der Waals surface area contributed by atoms with Crippen LogP contribution in [0.1, 0.15) is 47.3 Å². The summed E-state index contributed by atoms with van der Waals surface area (Å²) in [5.74, 6) is 0.115. The Labute approximate surface area is 156 Å². The van der Waals surface area contributed by atoms with Gasteiger partial charge in [-0.3, -0.25) is 9.59 Å². The number of nitrogens with one attached hydrogen (secondary N) is 1. The normalized spacial score (nSPS) is 15.3. The molecule has 0 radical (unpaired) electrons. The fourth-order valence-electron chi connectivity index (χ4n) is 2.97. The zero-order valence-electron chi connectivity index (χ0n) is 14.2. The van der Waals surface area contributed by atoms with Crippen molar-refractivity contribution < 1.29 is 9.59 Å². The lowest BCUT2D eigenvalue weighted by Gasteiger charge is -2.16. The average Bonchev–Trinajstić information content (AvgIpc) is 3.01. The highest BCUT2D eigenvalue weighted by Gasteiger charge is 2.20. The van der Waals surface area contributed by atoms with E-state index in [2.05, 4.69) is 21.2 Å². The van der Waals surface area contributed by atoms with Crippen molar-refractivity contribution in [3.05, 3.63) is 69.7 Å². The summed E-state index contributed by atoms with van der Waals surface area (Å²) in [5.41, 5.74) is 2.73. The Morgan fingerprint density at radius 1 is 1.16 bits per heavy atom. The minimum absolute atomic E-state index is 0.0671. The SMILES string of the molecule is CC(NC(=O)c1ccc(CN2CCCC2=O)cc1)c1ccc(Br)cc1. The van der Waals surface area contributed by atoms with Crippen molar-refractivity contribution in [2.24, 2.45) is 0 Å². The van der Waals surface area contributed by atoms with Gasteiger partial charge in [-0.25, -0.2) is 0 Å². The number of benzene rings is 2. The first kappa shape index (κ1) is 17.7. The highest BCUT2D eigenvalue weighted by molar-refractivity contribution is 9.10. The van der Waals surface area contributed by atoms with Crippen LogP contribution in [0, 0.1) is 0 Å². The molecule has 1 aliphatic rings. The van der Waals surface area contributed by atoms with E-state index in [0.29, 0.717) is 18.5 Å². The molecule has 0 aromatic heterocycles. The Kier molecular flexibility index (Phi) is 5.53. The Morgan fingerprint density at radius 2 is 1.84 bits per heavy atom. The number of likely N-dealkylation sites (tertiary alicyclic amines) is 1. The summed E-state index contributed by atoms with van der Waals surface area (Å²) in [7, 11) is 0. The molecular formula is C20H21BrN2O2. The average molecular weight is 401 g/mol. The zero-order chi connectivity index (χ0) is 17.8. The number of hydrogen-bond donors (Lipinski definition) is 1. The fourth-order valence-corrected chi connectivity index (χ4v) is 3.23. The van der Waals surface area contributed by atoms with Gasteiger partial charge in [0.15, 0.2) is 0 Å². The number of rotatable bonds is 5. The van der Waals surface area contributed by atoms with Crippen LogP contribution in [0.2, 0.25) is 0 Å². The maximum absolute atomic E-state index is 12.4. The van der Waals surface area contributed by atoms with Gasteiger partial charge in [0.1, 0.15) is 0 Å². The lowest BCUT2D eigenvalue weighted by molar-refractivity contribution is -0.128. The van der Waals surface area contributed by atoms with Crippen LogP contribution in [-0.4, -0.2) is 23.3 Å². The largest absolute Gasteiger partial charge is 0.346 e. The van der Waals surface area contributed by atoms with Crippen LogP contribution >= 0.6 is 15.9 Å². The highest BCUT2D eigenvalue weighted by atomic mass is 79.9. The molecule has 1 saturated heterocycles. The number of carbonyl (C=O) groups excluding carboxylic acids is 2. The predicted octanol–water partition coefficient (Wildman–Crippen LogP) is 4.06. The number of hydrogen-bond acceptors (Lipinski definition) is 2. The molecule has 4 nitrogen and oxygen atoms in total. The van der Waals surface area contributed by atoms with Gasteiger partial charge in [-0.1, -0.05) is 40.2 Å². The standard InChI is InChI=1S/C20H21BrN2O2/c1-14(16-8-10-18(21)11-9-16)22-20(25)17-6-4-15(5-7-17)13-23-12-2-3-19(23)24/h4-11,14H,2-3,12-13H2,1H3,(H,22,25). The molecule has 2 aromatic carbocycles. The van der Waals surface area contributed by atoms with Crippen molar-refractivity contribution in [2.45, 2.75) is 32.4 Å². The fraction of sp³-hybridized carbons (Fsp3) is 0.300. The molecule has 0 aliphatic carbocycles. The molecule has 130 valence electrons. The van der Waals surface area contributed by atoms with E-state index < -0.39 is 0 Å². The van der Waals surface area contributed by atoms with Crippen molar-refractivity contribution in [3.63, 3.8) is 0 Å². The van der Waals surface area contributed by atoms with E-state index >= 15 is 0 Å². The lowest BCUT2D eigenvalue weighted by Crippen LogP contribution is -2.27. The maximum Gasteiger partial charge on any atom is 0.251 e. The van der Waals surface area contributed by atoms with Gasteiger partial charge < -0.3 is 10.2 Å². The molecule has 0 spiro atoms. The van der Waals surface area contributed by atoms with Crippen LogP contribution in [0.3, 0.4) is 0 Å². The van der Waals surface area contributed by atoms with Crippen LogP contribution in [0.15, 0.2) is 53.0 Å². The van der Waals surface area contributed by atoms with E-state index in [9.17, 15) is 9.59 Å². The molecule has 1 aliphatic heterocycles. The van der Waals surface area contributed by atoms with Crippen molar-refractivity contribution in [2.75, 3.05) is 6.54 Å². The molecule has 0 saturated carbocycles. The molecule has 1 unspecified atom stereocenters. The van der Waals surface area contributed by atoms with Crippen LogP contribution in [0.5, 0.6) is 0 Å². The molecule has 2 aromatic rings. The van der Waals surface area contributed by atoms with Gasteiger partial charge in [-0.05, 0) is 48.7 Å². The summed E-state index contributed by atoms with van der Waals surface area (Å²) in [4.78, 5) is 26.0. The van der Waals surface area contributed by atoms with E-state index in [1.807, 2.05) is 60.4 Å². The Hall–Kier alpha value is -2.14. The van der Waals surface area contributed by atoms with Crippen molar-refractivity contribution in [1.29, 1.82) is 0 Å². The molecule has 25 heavy (non-hydrogen) atoms. The van der Waals surface area contributed by atoms with Gasteiger partial charge in [-0.2, -0.15) is 0 Å². The first-order valence-electron chi connectivity index (χ1n) is 8.46. The number of amides is 2. The number of nitrogens with zero attached hydrogens (tertiary/aromatic N) is 1.